The smallest absolute Gasteiger partial charge is 0.225 e. The number of hydrogen-bond acceptors (Lipinski definition) is 5. The maximum atomic E-state index is 12.5. The number of hydrogen-bond donors (Lipinski definition) is 0. The fraction of sp³-hybridized carbons (Fsp3) is 0.667. The molecule has 0 radical (unpaired) electrons. The van der Waals surface area contributed by atoms with Crippen LogP contribution in [-0.2, 0) is 20.9 Å². The van der Waals surface area contributed by atoms with Gasteiger partial charge in [-0.3, -0.25) is 9.78 Å². The van der Waals surface area contributed by atoms with E-state index in [4.69, 9.17) is 9.47 Å². The Bertz CT molecular complexity index is 571. The number of aromatic nitrogens is 1. The van der Waals surface area contributed by atoms with Gasteiger partial charge in [0, 0.05) is 50.4 Å². The van der Waals surface area contributed by atoms with E-state index in [1.807, 2.05) is 35.0 Å². The zero-order valence-corrected chi connectivity index (χ0v) is 14.7. The van der Waals surface area contributed by atoms with Crippen molar-refractivity contribution in [2.75, 3.05) is 32.1 Å². The zero-order chi connectivity index (χ0) is 16.4. The van der Waals surface area contributed by atoms with Crippen LogP contribution in [0, 0.1) is 5.92 Å². The molecule has 0 saturated carbocycles. The lowest BCUT2D eigenvalue weighted by Gasteiger charge is -2.48. The van der Waals surface area contributed by atoms with Crippen LogP contribution in [-0.4, -0.2) is 58.7 Å². The first-order chi connectivity index (χ1) is 11.7. The average molecular weight is 348 g/mol. The first-order valence-corrected chi connectivity index (χ1v) is 9.74. The minimum atomic E-state index is 0.181. The summed E-state index contributed by atoms with van der Waals surface area (Å²) in [6.45, 7) is 3.86. The first-order valence-electron chi connectivity index (χ1n) is 8.75. The largest absolute Gasteiger partial charge is 0.381 e. The van der Waals surface area contributed by atoms with Gasteiger partial charge in [-0.25, -0.2) is 0 Å². The van der Waals surface area contributed by atoms with E-state index in [0.29, 0.717) is 12.5 Å². The van der Waals surface area contributed by atoms with Crippen LogP contribution in [0.5, 0.6) is 0 Å². The summed E-state index contributed by atoms with van der Waals surface area (Å²) in [5, 5.41) is 0. The van der Waals surface area contributed by atoms with Gasteiger partial charge in [0.15, 0.2) is 0 Å². The van der Waals surface area contributed by atoms with Crippen LogP contribution in [0.25, 0.3) is 0 Å². The summed E-state index contributed by atoms with van der Waals surface area (Å²) in [5.74, 6) is 1.55. The highest BCUT2D eigenvalue weighted by molar-refractivity contribution is 8.01. The van der Waals surface area contributed by atoms with E-state index >= 15 is 0 Å². The van der Waals surface area contributed by atoms with Gasteiger partial charge in [0.2, 0.25) is 5.91 Å². The molecule has 3 aliphatic heterocycles. The number of thioether (sulfide) groups is 1. The normalized spacial score (nSPS) is 26.5. The molecule has 3 aliphatic rings. The van der Waals surface area contributed by atoms with Gasteiger partial charge in [0.05, 0.1) is 17.5 Å². The highest BCUT2D eigenvalue weighted by Gasteiger charge is 2.51. The second kappa shape index (κ2) is 7.02. The van der Waals surface area contributed by atoms with E-state index in [2.05, 4.69) is 4.98 Å². The van der Waals surface area contributed by atoms with Crippen LogP contribution in [0.3, 0.4) is 0 Å². The minimum absolute atomic E-state index is 0.181. The van der Waals surface area contributed by atoms with Crippen molar-refractivity contribution in [3.8, 4) is 0 Å². The zero-order valence-electron chi connectivity index (χ0n) is 13.9. The van der Waals surface area contributed by atoms with Gasteiger partial charge in [-0.15, -0.1) is 11.8 Å². The third-order valence-corrected chi connectivity index (χ3v) is 6.80. The van der Waals surface area contributed by atoms with Crippen molar-refractivity contribution in [1.82, 2.24) is 9.88 Å². The molecule has 1 atom stereocenters. The van der Waals surface area contributed by atoms with Crippen LogP contribution in [0.1, 0.15) is 24.8 Å². The number of carbonyl (C=O) groups excluding carboxylic acids is 1. The Kier molecular flexibility index (Phi) is 4.79. The van der Waals surface area contributed by atoms with Gasteiger partial charge in [-0.1, -0.05) is 6.07 Å². The molecule has 4 heterocycles. The average Bonchev–Trinajstić information content (AvgIpc) is 3.04. The standard InChI is InChI=1S/C18H24N2O3S/c21-17(15-3-6-22-7-4-15)20-12-18(13-20)8-16(11-24-18)23-10-14-2-1-5-19-9-14/h1-2,5,9,15-16H,3-4,6-8,10-13H2/t16-/m0/s1. The molecular formula is C18H24N2O3S. The molecule has 0 aromatic carbocycles. The molecule has 5 nitrogen and oxygen atoms in total. The monoisotopic (exact) mass is 348 g/mol. The third-order valence-electron chi connectivity index (χ3n) is 5.22. The van der Waals surface area contributed by atoms with Crippen LogP contribution in [0.4, 0.5) is 0 Å². The van der Waals surface area contributed by atoms with Crippen molar-refractivity contribution in [3.05, 3.63) is 30.1 Å². The highest BCUT2D eigenvalue weighted by Crippen LogP contribution is 2.46. The van der Waals surface area contributed by atoms with Crippen molar-refractivity contribution >= 4 is 17.7 Å². The van der Waals surface area contributed by atoms with E-state index in [0.717, 1.165) is 56.9 Å². The summed E-state index contributed by atoms with van der Waals surface area (Å²) < 4.78 is 11.6. The van der Waals surface area contributed by atoms with Crippen LogP contribution in [0.2, 0.25) is 0 Å². The second-order valence-electron chi connectivity index (χ2n) is 7.07. The number of carbonyl (C=O) groups is 1. The topological polar surface area (TPSA) is 51.7 Å². The van der Waals surface area contributed by atoms with E-state index in [9.17, 15) is 4.79 Å². The Balaban J connectivity index is 1.23. The molecule has 0 aliphatic carbocycles. The quantitative estimate of drug-likeness (QED) is 0.834. The lowest BCUT2D eigenvalue weighted by Crippen LogP contribution is -2.62. The molecule has 3 saturated heterocycles. The summed E-state index contributed by atoms with van der Waals surface area (Å²) in [5.41, 5.74) is 1.12. The molecule has 4 rings (SSSR count). The Labute approximate surface area is 147 Å². The van der Waals surface area contributed by atoms with Crippen molar-refractivity contribution in [3.63, 3.8) is 0 Å². The summed E-state index contributed by atoms with van der Waals surface area (Å²) in [4.78, 5) is 18.7. The third kappa shape index (κ3) is 3.46. The molecule has 1 aromatic rings. The predicted octanol–water partition coefficient (Wildman–Crippen LogP) is 2.11. The molecule has 24 heavy (non-hydrogen) atoms. The second-order valence-corrected chi connectivity index (χ2v) is 8.56. The number of ether oxygens (including phenoxy) is 2. The fourth-order valence-corrected chi connectivity index (χ4v) is 5.39. The van der Waals surface area contributed by atoms with Gasteiger partial charge >= 0.3 is 0 Å². The molecule has 0 bridgehead atoms. The van der Waals surface area contributed by atoms with Crippen molar-refractivity contribution in [2.45, 2.75) is 36.7 Å². The Morgan fingerprint density at radius 3 is 3.00 bits per heavy atom. The maximum Gasteiger partial charge on any atom is 0.225 e. The van der Waals surface area contributed by atoms with Crippen LogP contribution < -0.4 is 0 Å². The van der Waals surface area contributed by atoms with Crippen molar-refractivity contribution in [2.24, 2.45) is 5.92 Å². The molecule has 0 N–H and O–H groups in total. The van der Waals surface area contributed by atoms with Gasteiger partial charge in [-0.2, -0.15) is 0 Å². The maximum absolute atomic E-state index is 12.5. The van der Waals surface area contributed by atoms with E-state index in [1.54, 1.807) is 6.20 Å². The van der Waals surface area contributed by atoms with Crippen molar-refractivity contribution < 1.29 is 14.3 Å². The van der Waals surface area contributed by atoms with E-state index in [-0.39, 0.29) is 16.8 Å². The molecule has 3 fully saturated rings. The van der Waals surface area contributed by atoms with E-state index < -0.39 is 0 Å². The first kappa shape index (κ1) is 16.4. The molecule has 0 unspecified atom stereocenters. The number of likely N-dealkylation sites (tertiary alicyclic amines) is 1. The lowest BCUT2D eigenvalue weighted by molar-refractivity contribution is -0.144. The molecule has 130 valence electrons. The Morgan fingerprint density at radius 2 is 2.25 bits per heavy atom. The SMILES string of the molecule is O=C(C1CCOCC1)N1CC2(C[C@H](OCc3cccnc3)CS2)C1. The fourth-order valence-electron chi connectivity index (χ4n) is 3.84. The summed E-state index contributed by atoms with van der Waals surface area (Å²) in [6, 6.07) is 3.98. The van der Waals surface area contributed by atoms with Crippen LogP contribution >= 0.6 is 11.8 Å². The summed E-state index contributed by atoms with van der Waals surface area (Å²) in [7, 11) is 0. The van der Waals surface area contributed by atoms with Gasteiger partial charge in [-0.05, 0) is 30.9 Å². The molecule has 1 aromatic heterocycles. The Hall–Kier alpha value is -1.11. The van der Waals surface area contributed by atoms with Gasteiger partial charge in [0.1, 0.15) is 0 Å². The van der Waals surface area contributed by atoms with Crippen molar-refractivity contribution in [1.29, 1.82) is 0 Å². The molecule has 1 spiro atoms. The molecular weight excluding hydrogens is 324 g/mol. The van der Waals surface area contributed by atoms with Gasteiger partial charge in [0.25, 0.3) is 0 Å². The van der Waals surface area contributed by atoms with E-state index in [1.165, 1.54) is 0 Å². The molecule has 1 amide bonds. The highest BCUT2D eigenvalue weighted by atomic mass is 32.2. The summed E-state index contributed by atoms with van der Waals surface area (Å²) >= 11 is 1.98. The number of amides is 1. The summed E-state index contributed by atoms with van der Waals surface area (Å²) in [6.07, 6.45) is 6.74. The number of nitrogens with zero attached hydrogens (tertiary/aromatic N) is 2. The number of rotatable bonds is 4. The number of pyridine rings is 1. The predicted molar refractivity (Wildman–Crippen MR) is 92.7 cm³/mol. The van der Waals surface area contributed by atoms with Crippen LogP contribution in [0.15, 0.2) is 24.5 Å². The van der Waals surface area contributed by atoms with Gasteiger partial charge < -0.3 is 14.4 Å². The lowest BCUT2D eigenvalue weighted by atomic mass is 9.89. The molecule has 6 heteroatoms. The Morgan fingerprint density at radius 1 is 1.42 bits per heavy atom. The minimum Gasteiger partial charge on any atom is -0.381 e.